The van der Waals surface area contributed by atoms with E-state index in [9.17, 15) is 4.79 Å². The van der Waals surface area contributed by atoms with Crippen LogP contribution in [0.4, 0.5) is 0 Å². The molecule has 0 N–H and O–H groups in total. The van der Waals surface area contributed by atoms with Crippen LogP contribution in [0.25, 0.3) is 0 Å². The van der Waals surface area contributed by atoms with Crippen molar-refractivity contribution in [3.8, 4) is 0 Å². The minimum Gasteiger partial charge on any atom is -0.292 e. The quantitative estimate of drug-likeness (QED) is 0.800. The zero-order valence-corrected chi connectivity index (χ0v) is 10.7. The van der Waals surface area contributed by atoms with Gasteiger partial charge in [0.25, 0.3) is 0 Å². The Hall–Kier alpha value is -1.32. The molecule has 5 heteroatoms. The van der Waals surface area contributed by atoms with Gasteiger partial charge in [-0.3, -0.25) is 9.48 Å². The highest BCUT2D eigenvalue weighted by molar-refractivity contribution is 6.36. The molecule has 0 bridgehead atoms. The van der Waals surface area contributed by atoms with E-state index in [1.54, 1.807) is 29.1 Å². The third-order valence-corrected chi connectivity index (χ3v) is 3.00. The first kappa shape index (κ1) is 12.1. The third-order valence-electron chi connectivity index (χ3n) is 2.45. The van der Waals surface area contributed by atoms with Crippen molar-refractivity contribution in [2.45, 2.75) is 13.5 Å². The van der Waals surface area contributed by atoms with E-state index in [4.69, 9.17) is 23.2 Å². The number of Topliss-reactive ketones (excluding diaryl/α,β-unsaturated/α-hetero) is 1. The van der Waals surface area contributed by atoms with Crippen LogP contribution in [0, 0.1) is 6.92 Å². The first-order chi connectivity index (χ1) is 8.08. The van der Waals surface area contributed by atoms with E-state index in [1.165, 1.54) is 0 Å². The van der Waals surface area contributed by atoms with Crippen LogP contribution in [0.1, 0.15) is 16.1 Å². The minimum absolute atomic E-state index is 0.0848. The fourth-order valence-electron chi connectivity index (χ4n) is 1.50. The van der Waals surface area contributed by atoms with Crippen molar-refractivity contribution < 1.29 is 4.79 Å². The Labute approximate surface area is 109 Å². The van der Waals surface area contributed by atoms with Crippen molar-refractivity contribution in [3.63, 3.8) is 0 Å². The Balaban J connectivity index is 2.23. The molecule has 1 aromatic carbocycles. The van der Waals surface area contributed by atoms with Crippen LogP contribution in [-0.2, 0) is 6.54 Å². The maximum Gasteiger partial charge on any atom is 0.185 e. The Bertz CT molecular complexity index is 563. The summed E-state index contributed by atoms with van der Waals surface area (Å²) < 4.78 is 1.63. The van der Waals surface area contributed by atoms with Gasteiger partial charge < -0.3 is 0 Å². The molecule has 88 valence electrons. The van der Waals surface area contributed by atoms with E-state index in [2.05, 4.69) is 5.10 Å². The summed E-state index contributed by atoms with van der Waals surface area (Å²) in [4.78, 5) is 12.0. The highest BCUT2D eigenvalue weighted by Gasteiger charge is 2.12. The molecule has 17 heavy (non-hydrogen) atoms. The maximum absolute atomic E-state index is 12.0. The monoisotopic (exact) mass is 268 g/mol. The molecule has 1 heterocycles. The van der Waals surface area contributed by atoms with Gasteiger partial charge in [0.2, 0.25) is 0 Å². The number of hydrogen-bond acceptors (Lipinski definition) is 2. The topological polar surface area (TPSA) is 34.9 Å². The molecule has 0 aliphatic heterocycles. The first-order valence-corrected chi connectivity index (χ1v) is 5.80. The largest absolute Gasteiger partial charge is 0.292 e. The fourth-order valence-corrected chi connectivity index (χ4v) is 2.02. The lowest BCUT2D eigenvalue weighted by molar-refractivity contribution is 0.0967. The lowest BCUT2D eigenvalue weighted by Gasteiger charge is -2.05. The molecule has 0 fully saturated rings. The number of aryl methyl sites for hydroxylation is 1. The number of aromatic nitrogens is 2. The Morgan fingerprint density at radius 2 is 2.12 bits per heavy atom. The minimum atomic E-state index is -0.0848. The second-order valence-corrected chi connectivity index (χ2v) is 4.52. The molecular weight excluding hydrogens is 259 g/mol. The third kappa shape index (κ3) is 2.68. The van der Waals surface area contributed by atoms with Crippen molar-refractivity contribution in [2.75, 3.05) is 0 Å². The van der Waals surface area contributed by atoms with Gasteiger partial charge in [-0.2, -0.15) is 5.10 Å². The average molecular weight is 269 g/mol. The molecule has 0 radical (unpaired) electrons. The standard InChI is InChI=1S/C12H10Cl2N2O/c1-8-4-5-15-16(8)7-12(17)10-3-2-9(13)6-11(10)14/h2-6H,7H2,1H3. The van der Waals surface area contributed by atoms with Crippen molar-refractivity contribution in [1.82, 2.24) is 9.78 Å². The number of carbonyl (C=O) groups is 1. The summed E-state index contributed by atoms with van der Waals surface area (Å²) >= 11 is 11.7. The van der Waals surface area contributed by atoms with Crippen LogP contribution in [0.15, 0.2) is 30.5 Å². The number of halogens is 2. The molecule has 0 saturated heterocycles. The van der Waals surface area contributed by atoms with Crippen molar-refractivity contribution >= 4 is 29.0 Å². The van der Waals surface area contributed by atoms with Gasteiger partial charge in [0.05, 0.1) is 5.02 Å². The molecule has 2 aromatic rings. The predicted molar refractivity (Wildman–Crippen MR) is 67.8 cm³/mol. The highest BCUT2D eigenvalue weighted by atomic mass is 35.5. The number of hydrogen-bond donors (Lipinski definition) is 0. The number of carbonyl (C=O) groups excluding carboxylic acids is 1. The second kappa shape index (κ2) is 4.90. The van der Waals surface area contributed by atoms with Gasteiger partial charge in [-0.1, -0.05) is 23.2 Å². The van der Waals surface area contributed by atoms with Crippen LogP contribution in [0.5, 0.6) is 0 Å². The molecule has 0 amide bonds. The predicted octanol–water partition coefficient (Wildman–Crippen LogP) is 3.38. The SMILES string of the molecule is Cc1ccnn1CC(=O)c1ccc(Cl)cc1Cl. The van der Waals surface area contributed by atoms with Gasteiger partial charge in [0.1, 0.15) is 6.54 Å². The molecule has 3 nitrogen and oxygen atoms in total. The molecule has 0 aliphatic rings. The van der Waals surface area contributed by atoms with Gasteiger partial charge in [0.15, 0.2) is 5.78 Å². The first-order valence-electron chi connectivity index (χ1n) is 5.04. The number of nitrogens with zero attached hydrogens (tertiary/aromatic N) is 2. The van der Waals surface area contributed by atoms with Crippen LogP contribution >= 0.6 is 23.2 Å². The van der Waals surface area contributed by atoms with Gasteiger partial charge in [0, 0.05) is 22.5 Å². The Kier molecular flexibility index (Phi) is 3.50. The molecule has 0 spiro atoms. The summed E-state index contributed by atoms with van der Waals surface area (Å²) in [6, 6.07) is 6.69. The lowest BCUT2D eigenvalue weighted by Crippen LogP contribution is -2.13. The van der Waals surface area contributed by atoms with Gasteiger partial charge in [-0.25, -0.2) is 0 Å². The zero-order chi connectivity index (χ0) is 12.4. The van der Waals surface area contributed by atoms with E-state index < -0.39 is 0 Å². The Morgan fingerprint density at radius 1 is 1.35 bits per heavy atom. The maximum atomic E-state index is 12.0. The second-order valence-electron chi connectivity index (χ2n) is 3.68. The van der Waals surface area contributed by atoms with Gasteiger partial charge in [-0.15, -0.1) is 0 Å². The number of rotatable bonds is 3. The van der Waals surface area contributed by atoms with Gasteiger partial charge in [-0.05, 0) is 31.2 Å². The molecule has 1 aromatic heterocycles. The summed E-state index contributed by atoms with van der Waals surface area (Å²) in [5.41, 5.74) is 1.40. The number of benzene rings is 1. The fraction of sp³-hybridized carbons (Fsp3) is 0.167. The molecule has 0 atom stereocenters. The molecule has 0 unspecified atom stereocenters. The van der Waals surface area contributed by atoms with Crippen LogP contribution < -0.4 is 0 Å². The molecule has 2 rings (SSSR count). The van der Waals surface area contributed by atoms with Crippen LogP contribution in [-0.4, -0.2) is 15.6 Å². The highest BCUT2D eigenvalue weighted by Crippen LogP contribution is 2.21. The van der Waals surface area contributed by atoms with Gasteiger partial charge >= 0.3 is 0 Å². The summed E-state index contributed by atoms with van der Waals surface area (Å²) in [5, 5.41) is 4.94. The smallest absolute Gasteiger partial charge is 0.185 e. The van der Waals surface area contributed by atoms with Crippen molar-refractivity contribution in [1.29, 1.82) is 0 Å². The molecule has 0 saturated carbocycles. The molecule has 0 aliphatic carbocycles. The molecular formula is C12H10Cl2N2O. The van der Waals surface area contributed by atoms with E-state index in [1.807, 2.05) is 13.0 Å². The van der Waals surface area contributed by atoms with E-state index in [0.29, 0.717) is 15.6 Å². The van der Waals surface area contributed by atoms with Crippen LogP contribution in [0.2, 0.25) is 10.0 Å². The van der Waals surface area contributed by atoms with E-state index in [0.717, 1.165) is 5.69 Å². The van der Waals surface area contributed by atoms with Crippen LogP contribution in [0.3, 0.4) is 0 Å². The summed E-state index contributed by atoms with van der Waals surface area (Å²) in [5.74, 6) is -0.0848. The van der Waals surface area contributed by atoms with Crippen molar-refractivity contribution in [2.24, 2.45) is 0 Å². The zero-order valence-electron chi connectivity index (χ0n) is 9.15. The average Bonchev–Trinajstić information content (AvgIpc) is 2.64. The van der Waals surface area contributed by atoms with E-state index in [-0.39, 0.29) is 12.3 Å². The summed E-state index contributed by atoms with van der Waals surface area (Å²) in [6.45, 7) is 2.07. The summed E-state index contributed by atoms with van der Waals surface area (Å²) in [6.07, 6.45) is 1.66. The normalized spacial score (nSPS) is 10.5. The Morgan fingerprint density at radius 3 is 2.71 bits per heavy atom. The summed E-state index contributed by atoms with van der Waals surface area (Å²) in [7, 11) is 0. The number of ketones is 1. The lowest BCUT2D eigenvalue weighted by atomic mass is 10.1. The van der Waals surface area contributed by atoms with Crippen molar-refractivity contribution in [3.05, 3.63) is 51.8 Å². The van der Waals surface area contributed by atoms with E-state index >= 15 is 0 Å².